The van der Waals surface area contributed by atoms with Gasteiger partial charge in [0.2, 0.25) is 0 Å². The zero-order valence-electron chi connectivity index (χ0n) is 17.8. The molecule has 0 fully saturated rings. The fourth-order valence-corrected chi connectivity index (χ4v) is 3.08. The van der Waals surface area contributed by atoms with Gasteiger partial charge in [-0.25, -0.2) is 0 Å². The molecule has 160 valence electrons. The van der Waals surface area contributed by atoms with Crippen LogP contribution in [-0.2, 0) is 4.79 Å². The first-order valence-corrected chi connectivity index (χ1v) is 10.0. The Balaban J connectivity index is 1.69. The van der Waals surface area contributed by atoms with Gasteiger partial charge in [-0.2, -0.15) is 0 Å². The monoisotopic (exact) mass is 418 g/mol. The van der Waals surface area contributed by atoms with Crippen LogP contribution in [0, 0.1) is 0 Å². The molecular weight excluding hydrogens is 392 g/mol. The standard InChI is InChI=1S/C25H26N2O4/c1-17(19-11-5-4-6-12-19)26-25(29)20-13-7-8-14-21(20)27-24(28)18(2)31-23-16-10-9-15-22(23)30-3/h4-18H,1-3H3,(H,26,29)(H,27,28)/t17-,18+/m1/s1. The summed E-state index contributed by atoms with van der Waals surface area (Å²) in [7, 11) is 1.54. The number of nitrogens with one attached hydrogen (secondary N) is 2. The minimum Gasteiger partial charge on any atom is -0.493 e. The van der Waals surface area contributed by atoms with Crippen molar-refractivity contribution in [2.45, 2.75) is 26.0 Å². The van der Waals surface area contributed by atoms with E-state index in [0.717, 1.165) is 5.56 Å². The van der Waals surface area contributed by atoms with E-state index >= 15 is 0 Å². The van der Waals surface area contributed by atoms with Gasteiger partial charge >= 0.3 is 0 Å². The molecule has 2 amide bonds. The lowest BCUT2D eigenvalue weighted by atomic mass is 10.1. The van der Waals surface area contributed by atoms with Crippen molar-refractivity contribution in [3.8, 4) is 11.5 Å². The van der Waals surface area contributed by atoms with Crippen molar-refractivity contribution in [2.24, 2.45) is 0 Å². The van der Waals surface area contributed by atoms with E-state index in [1.165, 1.54) is 7.11 Å². The average molecular weight is 418 g/mol. The van der Waals surface area contributed by atoms with E-state index < -0.39 is 6.10 Å². The van der Waals surface area contributed by atoms with Gasteiger partial charge in [0.25, 0.3) is 11.8 Å². The quantitative estimate of drug-likeness (QED) is 0.561. The number of rotatable bonds is 8. The second-order valence-electron chi connectivity index (χ2n) is 7.05. The Labute approximate surface area is 182 Å². The highest BCUT2D eigenvalue weighted by molar-refractivity contribution is 6.04. The molecule has 2 atom stereocenters. The SMILES string of the molecule is COc1ccccc1O[C@@H](C)C(=O)Nc1ccccc1C(=O)N[C@H](C)c1ccccc1. The number of benzene rings is 3. The first-order chi connectivity index (χ1) is 15.0. The fraction of sp³-hybridized carbons (Fsp3) is 0.200. The molecule has 3 aromatic rings. The van der Waals surface area contributed by atoms with E-state index in [-0.39, 0.29) is 17.9 Å². The maximum Gasteiger partial charge on any atom is 0.265 e. The van der Waals surface area contributed by atoms with Crippen molar-refractivity contribution < 1.29 is 19.1 Å². The molecule has 2 N–H and O–H groups in total. The summed E-state index contributed by atoms with van der Waals surface area (Å²) in [5.41, 5.74) is 1.79. The van der Waals surface area contributed by atoms with Gasteiger partial charge < -0.3 is 20.1 Å². The summed E-state index contributed by atoms with van der Waals surface area (Å²) < 4.78 is 11.0. The molecule has 0 aliphatic carbocycles. The lowest BCUT2D eigenvalue weighted by Crippen LogP contribution is -2.32. The summed E-state index contributed by atoms with van der Waals surface area (Å²) >= 11 is 0. The topological polar surface area (TPSA) is 76.7 Å². The van der Waals surface area contributed by atoms with Crippen LogP contribution < -0.4 is 20.1 Å². The van der Waals surface area contributed by atoms with Gasteiger partial charge in [-0.1, -0.05) is 54.6 Å². The maximum absolute atomic E-state index is 12.9. The highest BCUT2D eigenvalue weighted by atomic mass is 16.5. The van der Waals surface area contributed by atoms with E-state index in [4.69, 9.17) is 9.47 Å². The number of para-hydroxylation sites is 3. The van der Waals surface area contributed by atoms with Gasteiger partial charge in [0.15, 0.2) is 17.6 Å². The van der Waals surface area contributed by atoms with Crippen molar-refractivity contribution in [3.05, 3.63) is 90.0 Å². The molecule has 3 aromatic carbocycles. The fourth-order valence-electron chi connectivity index (χ4n) is 3.08. The molecule has 0 heterocycles. The summed E-state index contributed by atoms with van der Waals surface area (Å²) in [6.45, 7) is 3.56. The number of methoxy groups -OCH3 is 1. The van der Waals surface area contributed by atoms with E-state index in [0.29, 0.717) is 22.7 Å². The van der Waals surface area contributed by atoms with Crippen molar-refractivity contribution in [2.75, 3.05) is 12.4 Å². The molecule has 0 bridgehead atoms. The Morgan fingerprint density at radius 1 is 0.806 bits per heavy atom. The Bertz CT molecular complexity index is 1040. The Morgan fingerprint density at radius 2 is 1.42 bits per heavy atom. The maximum atomic E-state index is 12.9. The second-order valence-corrected chi connectivity index (χ2v) is 7.05. The highest BCUT2D eigenvalue weighted by Crippen LogP contribution is 2.27. The van der Waals surface area contributed by atoms with E-state index in [1.807, 2.05) is 43.3 Å². The molecular formula is C25H26N2O4. The molecule has 0 saturated heterocycles. The van der Waals surface area contributed by atoms with Gasteiger partial charge in [-0.05, 0) is 43.7 Å². The number of hydrogen-bond acceptors (Lipinski definition) is 4. The van der Waals surface area contributed by atoms with Crippen LogP contribution >= 0.6 is 0 Å². The van der Waals surface area contributed by atoms with Crippen LogP contribution in [0.25, 0.3) is 0 Å². The first kappa shape index (κ1) is 21.9. The van der Waals surface area contributed by atoms with Gasteiger partial charge in [-0.3, -0.25) is 9.59 Å². The third kappa shape index (κ3) is 5.63. The zero-order valence-corrected chi connectivity index (χ0v) is 17.8. The number of carbonyl (C=O) groups excluding carboxylic acids is 2. The minimum absolute atomic E-state index is 0.176. The third-order valence-corrected chi connectivity index (χ3v) is 4.82. The summed E-state index contributed by atoms with van der Waals surface area (Å²) in [4.78, 5) is 25.6. The second kappa shape index (κ2) is 10.3. The Hall–Kier alpha value is -3.80. The number of carbonyl (C=O) groups is 2. The molecule has 0 radical (unpaired) electrons. The van der Waals surface area contributed by atoms with Crippen LogP contribution in [-0.4, -0.2) is 25.0 Å². The van der Waals surface area contributed by atoms with Crippen LogP contribution in [0.4, 0.5) is 5.69 Å². The van der Waals surface area contributed by atoms with Crippen LogP contribution in [0.1, 0.15) is 35.8 Å². The van der Waals surface area contributed by atoms with Gasteiger partial charge in [0.1, 0.15) is 0 Å². The number of anilines is 1. The number of amides is 2. The van der Waals surface area contributed by atoms with Gasteiger partial charge in [0.05, 0.1) is 24.4 Å². The number of hydrogen-bond donors (Lipinski definition) is 2. The molecule has 0 spiro atoms. The molecule has 0 saturated carbocycles. The summed E-state index contributed by atoms with van der Waals surface area (Å²) in [5.74, 6) is 0.361. The summed E-state index contributed by atoms with van der Waals surface area (Å²) in [6, 6.07) is 23.5. The van der Waals surface area contributed by atoms with Crippen molar-refractivity contribution in [3.63, 3.8) is 0 Å². The van der Waals surface area contributed by atoms with Crippen molar-refractivity contribution in [1.29, 1.82) is 0 Å². The molecule has 0 aliphatic heterocycles. The van der Waals surface area contributed by atoms with Crippen LogP contribution in [0.3, 0.4) is 0 Å². The highest BCUT2D eigenvalue weighted by Gasteiger charge is 2.20. The lowest BCUT2D eigenvalue weighted by molar-refractivity contribution is -0.122. The zero-order chi connectivity index (χ0) is 22.2. The van der Waals surface area contributed by atoms with Crippen LogP contribution in [0.15, 0.2) is 78.9 Å². The normalized spacial score (nSPS) is 12.4. The van der Waals surface area contributed by atoms with Gasteiger partial charge in [-0.15, -0.1) is 0 Å². The Morgan fingerprint density at radius 3 is 2.13 bits per heavy atom. The molecule has 0 aromatic heterocycles. The van der Waals surface area contributed by atoms with Crippen LogP contribution in [0.2, 0.25) is 0 Å². The molecule has 0 aliphatic rings. The van der Waals surface area contributed by atoms with Gasteiger partial charge in [0, 0.05) is 0 Å². The first-order valence-electron chi connectivity index (χ1n) is 10.0. The van der Waals surface area contributed by atoms with E-state index in [2.05, 4.69) is 10.6 Å². The third-order valence-electron chi connectivity index (χ3n) is 4.82. The molecule has 6 nitrogen and oxygen atoms in total. The van der Waals surface area contributed by atoms with E-state index in [1.54, 1.807) is 49.4 Å². The Kier molecular flexibility index (Phi) is 7.27. The molecule has 31 heavy (non-hydrogen) atoms. The van der Waals surface area contributed by atoms with Crippen LogP contribution in [0.5, 0.6) is 11.5 Å². The average Bonchev–Trinajstić information content (AvgIpc) is 2.80. The summed E-state index contributed by atoms with van der Waals surface area (Å²) in [5, 5.41) is 5.77. The summed E-state index contributed by atoms with van der Waals surface area (Å²) in [6.07, 6.45) is -0.796. The molecule has 0 unspecified atom stereocenters. The smallest absolute Gasteiger partial charge is 0.265 e. The minimum atomic E-state index is -0.796. The van der Waals surface area contributed by atoms with E-state index in [9.17, 15) is 9.59 Å². The molecule has 3 rings (SSSR count). The predicted molar refractivity (Wildman–Crippen MR) is 120 cm³/mol. The largest absolute Gasteiger partial charge is 0.493 e. The van der Waals surface area contributed by atoms with Crippen molar-refractivity contribution >= 4 is 17.5 Å². The van der Waals surface area contributed by atoms with Crippen molar-refractivity contribution in [1.82, 2.24) is 5.32 Å². The number of ether oxygens (including phenoxy) is 2. The lowest BCUT2D eigenvalue weighted by Gasteiger charge is -2.19. The predicted octanol–water partition coefficient (Wildman–Crippen LogP) is 4.59. The molecule has 6 heteroatoms.